The molecule has 3 rings (SSSR count). The maximum atomic E-state index is 10.5. The fourth-order valence-electron chi connectivity index (χ4n) is 2.48. The molecule has 7 heteroatoms. The van der Waals surface area contributed by atoms with Gasteiger partial charge in [-0.05, 0) is 36.3 Å². The van der Waals surface area contributed by atoms with E-state index in [0.717, 1.165) is 48.9 Å². The molecule has 1 unspecified atom stereocenters. The van der Waals surface area contributed by atoms with Gasteiger partial charge in [-0.3, -0.25) is 0 Å². The molecular weight excluding hydrogens is 326 g/mol. The molecule has 2 fully saturated rings. The number of nitrogens with one attached hydrogen (secondary N) is 2. The monoisotopic (exact) mass is 345 g/mol. The third-order valence-corrected chi connectivity index (χ3v) is 6.48. The van der Waals surface area contributed by atoms with Crippen LogP contribution < -0.4 is 10.6 Å². The summed E-state index contributed by atoms with van der Waals surface area (Å²) in [5.41, 5.74) is 0.796. The van der Waals surface area contributed by atoms with Crippen molar-refractivity contribution in [3.05, 3.63) is 17.2 Å². The second kappa shape index (κ2) is 7.33. The van der Waals surface area contributed by atoms with Crippen molar-refractivity contribution >= 4 is 41.0 Å². The van der Waals surface area contributed by atoms with Crippen molar-refractivity contribution in [2.75, 3.05) is 43.0 Å². The topological polar surface area (TPSA) is 47.5 Å². The number of hydrogen-bond donors (Lipinski definition) is 3. The number of phenols is 1. The number of phenolic OH excluding ortho intramolecular Hbond substituents is 1. The van der Waals surface area contributed by atoms with E-state index in [9.17, 15) is 5.11 Å². The number of halogens is 1. The van der Waals surface area contributed by atoms with Gasteiger partial charge in [0, 0.05) is 38.0 Å². The predicted octanol–water partition coefficient (Wildman–Crippen LogP) is 2.88. The van der Waals surface area contributed by atoms with Crippen LogP contribution in [0.3, 0.4) is 0 Å². The zero-order valence-corrected chi connectivity index (χ0v) is 14.2. The lowest BCUT2D eigenvalue weighted by Gasteiger charge is -2.27. The first-order chi connectivity index (χ1) is 10.2. The van der Waals surface area contributed by atoms with Crippen LogP contribution in [0.2, 0.25) is 5.02 Å². The standard InChI is InChI=1S/C14H20ClN3OS2/c15-11-1-2-12(17-10-3-8-20-9-10)13(19)14(11)21-18-6-4-16-5-7-18/h1-2,10,16-17,19H,3-9H2. The van der Waals surface area contributed by atoms with Crippen LogP contribution in [-0.2, 0) is 0 Å². The quantitative estimate of drug-likeness (QED) is 0.576. The lowest BCUT2D eigenvalue weighted by atomic mass is 10.2. The van der Waals surface area contributed by atoms with Crippen LogP contribution in [0.1, 0.15) is 6.42 Å². The van der Waals surface area contributed by atoms with Crippen LogP contribution in [0.4, 0.5) is 5.69 Å². The number of aromatic hydroxyl groups is 1. The minimum atomic E-state index is 0.280. The van der Waals surface area contributed by atoms with Gasteiger partial charge < -0.3 is 15.7 Å². The molecule has 21 heavy (non-hydrogen) atoms. The largest absolute Gasteiger partial charge is 0.505 e. The summed E-state index contributed by atoms with van der Waals surface area (Å²) < 4.78 is 2.24. The number of thioether (sulfide) groups is 1. The second-order valence-corrected chi connectivity index (χ2v) is 7.91. The number of anilines is 1. The molecule has 3 N–H and O–H groups in total. The van der Waals surface area contributed by atoms with Crippen molar-refractivity contribution in [1.29, 1.82) is 0 Å². The van der Waals surface area contributed by atoms with Crippen LogP contribution in [-0.4, -0.2) is 53.1 Å². The Balaban J connectivity index is 1.74. The Morgan fingerprint density at radius 3 is 2.90 bits per heavy atom. The van der Waals surface area contributed by atoms with Crippen molar-refractivity contribution < 1.29 is 5.11 Å². The molecule has 116 valence electrons. The molecular formula is C14H20ClN3OS2. The molecule has 0 radical (unpaired) electrons. The van der Waals surface area contributed by atoms with Crippen LogP contribution >= 0.6 is 35.3 Å². The summed E-state index contributed by atoms with van der Waals surface area (Å²) in [6.07, 6.45) is 1.15. The van der Waals surface area contributed by atoms with Crippen molar-refractivity contribution in [3.63, 3.8) is 0 Å². The van der Waals surface area contributed by atoms with Gasteiger partial charge in [0.2, 0.25) is 0 Å². The molecule has 0 aliphatic carbocycles. The average Bonchev–Trinajstić information content (AvgIpc) is 3.01. The first-order valence-corrected chi connectivity index (χ1v) is 9.54. The smallest absolute Gasteiger partial charge is 0.155 e. The highest BCUT2D eigenvalue weighted by Crippen LogP contribution is 2.42. The Kier molecular flexibility index (Phi) is 5.45. The summed E-state index contributed by atoms with van der Waals surface area (Å²) in [6, 6.07) is 4.19. The minimum Gasteiger partial charge on any atom is -0.505 e. The molecule has 0 amide bonds. The first-order valence-electron chi connectivity index (χ1n) is 7.23. The van der Waals surface area contributed by atoms with E-state index < -0.39 is 0 Å². The lowest BCUT2D eigenvalue weighted by Crippen LogP contribution is -2.39. The van der Waals surface area contributed by atoms with E-state index in [4.69, 9.17) is 11.6 Å². The van der Waals surface area contributed by atoms with Gasteiger partial charge in [-0.25, -0.2) is 4.31 Å². The number of piperazine rings is 1. The minimum absolute atomic E-state index is 0.280. The Labute approximate surface area is 139 Å². The van der Waals surface area contributed by atoms with Gasteiger partial charge in [-0.1, -0.05) is 11.6 Å². The fraction of sp³-hybridized carbons (Fsp3) is 0.571. The van der Waals surface area contributed by atoms with Gasteiger partial charge in [0.25, 0.3) is 0 Å². The van der Waals surface area contributed by atoms with E-state index in [0.29, 0.717) is 11.1 Å². The van der Waals surface area contributed by atoms with Crippen molar-refractivity contribution in [2.24, 2.45) is 0 Å². The van der Waals surface area contributed by atoms with Gasteiger partial charge in [0.15, 0.2) is 5.75 Å². The van der Waals surface area contributed by atoms with Gasteiger partial charge >= 0.3 is 0 Å². The predicted molar refractivity (Wildman–Crippen MR) is 92.8 cm³/mol. The average molecular weight is 346 g/mol. The van der Waals surface area contributed by atoms with Crippen LogP contribution in [0, 0.1) is 0 Å². The van der Waals surface area contributed by atoms with Crippen LogP contribution in [0.15, 0.2) is 17.0 Å². The Morgan fingerprint density at radius 2 is 2.19 bits per heavy atom. The van der Waals surface area contributed by atoms with E-state index in [1.54, 1.807) is 11.9 Å². The maximum absolute atomic E-state index is 10.5. The third kappa shape index (κ3) is 3.93. The summed E-state index contributed by atoms with van der Waals surface area (Å²) in [5, 5.41) is 17.9. The molecule has 1 aromatic carbocycles. The summed E-state index contributed by atoms with van der Waals surface area (Å²) in [7, 11) is 0. The van der Waals surface area contributed by atoms with Crippen LogP contribution in [0.25, 0.3) is 0 Å². The van der Waals surface area contributed by atoms with E-state index in [-0.39, 0.29) is 5.75 Å². The van der Waals surface area contributed by atoms with E-state index in [2.05, 4.69) is 14.9 Å². The highest BCUT2D eigenvalue weighted by molar-refractivity contribution is 7.99. The molecule has 4 nitrogen and oxygen atoms in total. The molecule has 0 saturated carbocycles. The molecule has 0 spiro atoms. The Morgan fingerprint density at radius 1 is 1.38 bits per heavy atom. The summed E-state index contributed by atoms with van der Waals surface area (Å²) in [4.78, 5) is 0.759. The number of nitrogens with zero attached hydrogens (tertiary/aromatic N) is 1. The van der Waals surface area contributed by atoms with Crippen LogP contribution in [0.5, 0.6) is 5.75 Å². The summed E-state index contributed by atoms with van der Waals surface area (Å²) >= 11 is 9.79. The van der Waals surface area contributed by atoms with E-state index in [1.807, 2.05) is 23.9 Å². The Hall–Kier alpha value is -0.270. The molecule has 2 aliphatic heterocycles. The zero-order valence-electron chi connectivity index (χ0n) is 11.8. The van der Waals surface area contributed by atoms with Crippen molar-refractivity contribution in [1.82, 2.24) is 9.62 Å². The first kappa shape index (κ1) is 15.6. The van der Waals surface area contributed by atoms with Gasteiger partial charge in [0.1, 0.15) is 0 Å². The summed E-state index contributed by atoms with van der Waals surface area (Å²) in [5.74, 6) is 2.57. The zero-order chi connectivity index (χ0) is 14.7. The van der Waals surface area contributed by atoms with E-state index >= 15 is 0 Å². The van der Waals surface area contributed by atoms with Crippen molar-refractivity contribution in [2.45, 2.75) is 17.4 Å². The van der Waals surface area contributed by atoms with Gasteiger partial charge in [-0.15, -0.1) is 0 Å². The molecule has 0 bridgehead atoms. The second-order valence-electron chi connectivity index (χ2n) is 5.25. The highest BCUT2D eigenvalue weighted by Gasteiger charge is 2.21. The molecule has 2 aliphatic rings. The van der Waals surface area contributed by atoms with Gasteiger partial charge in [0.05, 0.1) is 15.6 Å². The lowest BCUT2D eigenvalue weighted by molar-refractivity contribution is 0.394. The molecule has 2 saturated heterocycles. The molecule has 1 atom stereocenters. The third-order valence-electron chi connectivity index (χ3n) is 3.67. The van der Waals surface area contributed by atoms with Crippen molar-refractivity contribution in [3.8, 4) is 5.75 Å². The Bertz CT molecular complexity index is 491. The number of hydrogen-bond acceptors (Lipinski definition) is 6. The number of rotatable bonds is 4. The summed E-state index contributed by atoms with van der Waals surface area (Å²) in [6.45, 7) is 3.86. The molecule has 2 heterocycles. The SMILES string of the molecule is Oc1c(NC2CCSC2)ccc(Cl)c1SN1CCNCC1. The normalized spacial score (nSPS) is 23.4. The fourth-order valence-corrected chi connectivity index (χ4v) is 4.87. The molecule has 1 aromatic rings. The van der Waals surface area contributed by atoms with E-state index in [1.165, 1.54) is 5.75 Å². The number of benzene rings is 1. The highest BCUT2D eigenvalue weighted by atomic mass is 35.5. The molecule has 0 aromatic heterocycles. The maximum Gasteiger partial charge on any atom is 0.155 e. The van der Waals surface area contributed by atoms with Gasteiger partial charge in [-0.2, -0.15) is 11.8 Å².